The lowest BCUT2D eigenvalue weighted by Crippen LogP contribution is -2.30. The number of amides is 3. The number of methoxy groups -OCH3 is 1. The molecule has 3 amide bonds. The van der Waals surface area contributed by atoms with Crippen molar-refractivity contribution in [2.75, 3.05) is 13.7 Å². The largest absolute Gasteiger partial charge is 0.496 e. The Morgan fingerprint density at radius 1 is 1.14 bits per heavy atom. The van der Waals surface area contributed by atoms with Crippen molar-refractivity contribution in [2.24, 2.45) is 5.73 Å². The molecule has 0 aliphatic carbocycles. The topological polar surface area (TPSA) is 102 Å². The summed E-state index contributed by atoms with van der Waals surface area (Å²) in [5.41, 5.74) is 7.51. The summed E-state index contributed by atoms with van der Waals surface area (Å²) >= 11 is 0. The number of nitrogens with two attached hydrogens (primary N) is 1. The molecular formula is C21H23N3O4. The molecule has 146 valence electrons. The summed E-state index contributed by atoms with van der Waals surface area (Å²) < 4.78 is 5.28. The fraction of sp³-hybridized carbons (Fsp3) is 0.286. The van der Waals surface area contributed by atoms with Gasteiger partial charge in [-0.25, -0.2) is 0 Å². The van der Waals surface area contributed by atoms with Crippen molar-refractivity contribution < 1.29 is 19.1 Å². The predicted octanol–water partition coefficient (Wildman–Crippen LogP) is 1.96. The first-order valence-corrected chi connectivity index (χ1v) is 9.08. The van der Waals surface area contributed by atoms with Gasteiger partial charge in [-0.15, -0.1) is 0 Å². The van der Waals surface area contributed by atoms with Crippen LogP contribution in [0.3, 0.4) is 0 Å². The molecule has 1 heterocycles. The van der Waals surface area contributed by atoms with Crippen LogP contribution in [0, 0.1) is 0 Å². The molecule has 0 spiro atoms. The summed E-state index contributed by atoms with van der Waals surface area (Å²) in [5.74, 6) is -0.537. The summed E-state index contributed by atoms with van der Waals surface area (Å²) in [6.45, 7) is 2.40. The van der Waals surface area contributed by atoms with Crippen molar-refractivity contribution in [3.63, 3.8) is 0 Å². The minimum atomic E-state index is -0.334. The van der Waals surface area contributed by atoms with Gasteiger partial charge >= 0.3 is 0 Å². The van der Waals surface area contributed by atoms with Crippen LogP contribution in [0.25, 0.3) is 0 Å². The maximum atomic E-state index is 12.5. The number of nitrogens with one attached hydrogen (secondary N) is 1. The van der Waals surface area contributed by atoms with Gasteiger partial charge in [0.2, 0.25) is 0 Å². The molecule has 0 bridgehead atoms. The van der Waals surface area contributed by atoms with E-state index in [1.54, 1.807) is 42.5 Å². The van der Waals surface area contributed by atoms with E-state index in [0.29, 0.717) is 41.0 Å². The van der Waals surface area contributed by atoms with Crippen LogP contribution in [0.5, 0.6) is 5.75 Å². The van der Waals surface area contributed by atoms with Gasteiger partial charge in [0.1, 0.15) is 5.75 Å². The smallest absolute Gasteiger partial charge is 0.261 e. The van der Waals surface area contributed by atoms with E-state index in [2.05, 4.69) is 5.32 Å². The van der Waals surface area contributed by atoms with Crippen LogP contribution in [0.2, 0.25) is 0 Å². The molecule has 0 saturated carbocycles. The minimum absolute atomic E-state index is 0.0117. The van der Waals surface area contributed by atoms with Crippen molar-refractivity contribution in [1.29, 1.82) is 0 Å². The van der Waals surface area contributed by atoms with Crippen LogP contribution in [-0.2, 0) is 6.54 Å². The number of imide groups is 1. The van der Waals surface area contributed by atoms with Crippen LogP contribution in [0.15, 0.2) is 42.5 Å². The summed E-state index contributed by atoms with van der Waals surface area (Å²) in [6.07, 6.45) is 0.656. The van der Waals surface area contributed by atoms with Crippen molar-refractivity contribution in [3.05, 3.63) is 64.7 Å². The van der Waals surface area contributed by atoms with Crippen LogP contribution in [-0.4, -0.2) is 42.3 Å². The van der Waals surface area contributed by atoms with Crippen LogP contribution < -0.4 is 15.8 Å². The second-order valence-electron chi connectivity index (χ2n) is 6.80. The van der Waals surface area contributed by atoms with Crippen molar-refractivity contribution >= 4 is 17.7 Å². The first-order chi connectivity index (χ1) is 13.4. The average Bonchev–Trinajstić information content (AvgIpc) is 2.93. The third kappa shape index (κ3) is 3.89. The van der Waals surface area contributed by atoms with Gasteiger partial charge in [-0.1, -0.05) is 18.2 Å². The Kier molecular flexibility index (Phi) is 5.75. The normalized spacial score (nSPS) is 14.0. The molecule has 7 nitrogen and oxygen atoms in total. The number of ether oxygens (including phenoxy) is 1. The molecule has 0 aromatic heterocycles. The SMILES string of the molecule is COc1ccc(CN2C(=O)c3ccccc3C2=O)cc1C(=O)NCCC(C)N. The Labute approximate surface area is 163 Å². The molecule has 1 aliphatic rings. The highest BCUT2D eigenvalue weighted by atomic mass is 16.5. The van der Waals surface area contributed by atoms with Crippen LogP contribution >= 0.6 is 0 Å². The highest BCUT2D eigenvalue weighted by molar-refractivity contribution is 6.21. The number of carbonyl (C=O) groups excluding carboxylic acids is 3. The third-order valence-corrected chi connectivity index (χ3v) is 4.61. The van der Waals surface area contributed by atoms with E-state index in [4.69, 9.17) is 10.5 Å². The number of rotatable bonds is 7. The molecule has 0 saturated heterocycles. The van der Waals surface area contributed by atoms with Gasteiger partial charge in [-0.2, -0.15) is 0 Å². The van der Waals surface area contributed by atoms with E-state index < -0.39 is 0 Å². The van der Waals surface area contributed by atoms with Crippen molar-refractivity contribution in [1.82, 2.24) is 10.2 Å². The number of hydrogen-bond donors (Lipinski definition) is 2. The lowest BCUT2D eigenvalue weighted by Gasteiger charge is -2.16. The number of nitrogens with zero attached hydrogens (tertiary/aromatic N) is 1. The van der Waals surface area contributed by atoms with E-state index in [0.717, 1.165) is 0 Å². The fourth-order valence-electron chi connectivity index (χ4n) is 3.10. The fourth-order valence-corrected chi connectivity index (χ4v) is 3.10. The van der Waals surface area contributed by atoms with Crippen LogP contribution in [0.4, 0.5) is 0 Å². The van der Waals surface area contributed by atoms with Gasteiger partial charge in [0.05, 0.1) is 30.3 Å². The number of fused-ring (bicyclic) bond motifs is 1. The van der Waals surface area contributed by atoms with Gasteiger partial charge in [-0.3, -0.25) is 19.3 Å². The zero-order valence-electron chi connectivity index (χ0n) is 15.9. The molecule has 1 aliphatic heterocycles. The summed E-state index contributed by atoms with van der Waals surface area (Å²) in [5, 5.41) is 2.81. The Morgan fingerprint density at radius 2 is 1.79 bits per heavy atom. The van der Waals surface area contributed by atoms with E-state index in [-0.39, 0.29) is 30.3 Å². The lowest BCUT2D eigenvalue weighted by molar-refractivity contribution is 0.0642. The molecule has 0 radical (unpaired) electrons. The van der Waals surface area contributed by atoms with Gasteiger partial charge in [0, 0.05) is 12.6 Å². The molecule has 1 atom stereocenters. The number of carbonyl (C=O) groups is 3. The maximum absolute atomic E-state index is 12.5. The summed E-state index contributed by atoms with van der Waals surface area (Å²) in [4.78, 5) is 38.8. The molecule has 3 N–H and O–H groups in total. The lowest BCUT2D eigenvalue weighted by atomic mass is 10.1. The first kappa shape index (κ1) is 19.6. The Balaban J connectivity index is 1.79. The maximum Gasteiger partial charge on any atom is 0.261 e. The molecule has 1 unspecified atom stereocenters. The Bertz CT molecular complexity index is 889. The van der Waals surface area contributed by atoms with Gasteiger partial charge in [0.15, 0.2) is 0 Å². The van der Waals surface area contributed by atoms with E-state index in [1.807, 2.05) is 6.92 Å². The van der Waals surface area contributed by atoms with Crippen LogP contribution in [0.1, 0.15) is 50.0 Å². The minimum Gasteiger partial charge on any atom is -0.496 e. The molecule has 0 fully saturated rings. The standard InChI is InChI=1S/C21H23N3O4/c1-13(22)9-10-23-19(25)17-11-14(7-8-18(17)28-2)12-24-20(26)15-5-3-4-6-16(15)21(24)27/h3-8,11,13H,9-10,12,22H2,1-2H3,(H,23,25). The molecule has 3 rings (SSSR count). The highest BCUT2D eigenvalue weighted by Crippen LogP contribution is 2.26. The van der Waals surface area contributed by atoms with E-state index >= 15 is 0 Å². The number of hydrogen-bond acceptors (Lipinski definition) is 5. The van der Waals surface area contributed by atoms with E-state index in [1.165, 1.54) is 12.0 Å². The average molecular weight is 381 g/mol. The van der Waals surface area contributed by atoms with Crippen molar-refractivity contribution in [2.45, 2.75) is 25.9 Å². The molecule has 28 heavy (non-hydrogen) atoms. The Morgan fingerprint density at radius 3 is 2.36 bits per heavy atom. The molecule has 2 aromatic carbocycles. The summed E-state index contributed by atoms with van der Waals surface area (Å²) in [6, 6.07) is 11.8. The number of benzene rings is 2. The Hall–Kier alpha value is -3.19. The quantitative estimate of drug-likeness (QED) is 0.714. The second kappa shape index (κ2) is 8.22. The summed E-state index contributed by atoms with van der Waals surface area (Å²) in [7, 11) is 1.48. The predicted molar refractivity (Wildman–Crippen MR) is 104 cm³/mol. The molecule has 7 heteroatoms. The zero-order valence-corrected chi connectivity index (χ0v) is 15.9. The van der Waals surface area contributed by atoms with Gasteiger partial charge < -0.3 is 15.8 Å². The highest BCUT2D eigenvalue weighted by Gasteiger charge is 2.35. The zero-order chi connectivity index (χ0) is 20.3. The second-order valence-corrected chi connectivity index (χ2v) is 6.80. The third-order valence-electron chi connectivity index (χ3n) is 4.61. The molecular weight excluding hydrogens is 358 g/mol. The van der Waals surface area contributed by atoms with Crippen molar-refractivity contribution in [3.8, 4) is 5.75 Å². The van der Waals surface area contributed by atoms with Gasteiger partial charge in [0.25, 0.3) is 17.7 Å². The van der Waals surface area contributed by atoms with Gasteiger partial charge in [-0.05, 0) is 43.2 Å². The monoisotopic (exact) mass is 381 g/mol. The first-order valence-electron chi connectivity index (χ1n) is 9.08. The van der Waals surface area contributed by atoms with E-state index in [9.17, 15) is 14.4 Å². The molecule has 2 aromatic rings.